The number of hydrogen-bond acceptors (Lipinski definition) is 4. The van der Waals surface area contributed by atoms with Crippen molar-refractivity contribution >= 4 is 11.6 Å². The van der Waals surface area contributed by atoms with E-state index in [1.54, 1.807) is 0 Å². The second kappa shape index (κ2) is 8.36. The molecular formula is C20H28N4O2. The summed E-state index contributed by atoms with van der Waals surface area (Å²) in [6.45, 7) is 10.5. The first-order valence-electron chi connectivity index (χ1n) is 9.34. The van der Waals surface area contributed by atoms with Gasteiger partial charge in [0.2, 0.25) is 0 Å². The minimum Gasteiger partial charge on any atom is -0.378 e. The van der Waals surface area contributed by atoms with Gasteiger partial charge in [-0.25, -0.2) is 0 Å². The number of aromatic nitrogens is 2. The highest BCUT2D eigenvalue weighted by molar-refractivity contribution is 5.99. The van der Waals surface area contributed by atoms with E-state index in [0.717, 1.165) is 36.5 Å². The molecule has 0 spiro atoms. The Morgan fingerprint density at radius 2 is 1.96 bits per heavy atom. The number of anilines is 1. The molecule has 0 unspecified atom stereocenters. The molecule has 1 amide bonds. The van der Waals surface area contributed by atoms with Crippen LogP contribution < -0.4 is 10.2 Å². The van der Waals surface area contributed by atoms with Crippen molar-refractivity contribution in [3.05, 3.63) is 46.8 Å². The zero-order chi connectivity index (χ0) is 18.5. The largest absolute Gasteiger partial charge is 0.378 e. The molecule has 0 aliphatic carbocycles. The molecule has 6 heteroatoms. The van der Waals surface area contributed by atoms with Crippen LogP contribution in [0.3, 0.4) is 0 Å². The van der Waals surface area contributed by atoms with Crippen molar-refractivity contribution in [3.8, 4) is 0 Å². The molecule has 0 atom stereocenters. The van der Waals surface area contributed by atoms with Crippen molar-refractivity contribution < 1.29 is 9.53 Å². The number of carbonyl (C=O) groups is 1. The lowest BCUT2D eigenvalue weighted by atomic mass is 10.1. The number of hydrogen-bond donors (Lipinski definition) is 1. The normalized spacial score (nSPS) is 14.5. The number of rotatable bonds is 6. The number of morpholine rings is 1. The highest BCUT2D eigenvalue weighted by Crippen LogP contribution is 2.21. The molecule has 1 N–H and O–H groups in total. The van der Waals surface area contributed by atoms with Crippen LogP contribution in [0, 0.1) is 13.8 Å². The fraction of sp³-hybridized carbons (Fsp3) is 0.500. The fourth-order valence-electron chi connectivity index (χ4n) is 3.58. The number of ether oxygens (including phenoxy) is 1. The number of nitrogens with zero attached hydrogens (tertiary/aromatic N) is 3. The van der Waals surface area contributed by atoms with Crippen LogP contribution >= 0.6 is 0 Å². The predicted molar refractivity (Wildman–Crippen MR) is 103 cm³/mol. The van der Waals surface area contributed by atoms with Gasteiger partial charge in [-0.1, -0.05) is 19.1 Å². The molecule has 3 rings (SSSR count). The van der Waals surface area contributed by atoms with Crippen LogP contribution in [0.4, 0.5) is 5.69 Å². The molecule has 6 nitrogen and oxygen atoms in total. The molecule has 0 radical (unpaired) electrons. The molecule has 1 aliphatic rings. The Labute approximate surface area is 155 Å². The lowest BCUT2D eigenvalue weighted by molar-refractivity contribution is 0.0950. The van der Waals surface area contributed by atoms with Crippen LogP contribution in [-0.4, -0.2) is 48.5 Å². The second-order valence-corrected chi connectivity index (χ2v) is 6.60. The Morgan fingerprint density at radius 3 is 2.65 bits per heavy atom. The zero-order valence-corrected chi connectivity index (χ0v) is 15.9. The predicted octanol–water partition coefficient (Wildman–Crippen LogP) is 2.33. The van der Waals surface area contributed by atoms with Crippen molar-refractivity contribution in [2.75, 3.05) is 37.7 Å². The van der Waals surface area contributed by atoms with Gasteiger partial charge in [0, 0.05) is 31.0 Å². The van der Waals surface area contributed by atoms with Crippen LogP contribution in [0.25, 0.3) is 0 Å². The van der Waals surface area contributed by atoms with E-state index in [2.05, 4.69) is 29.2 Å². The van der Waals surface area contributed by atoms with Crippen molar-refractivity contribution in [3.63, 3.8) is 0 Å². The average Bonchev–Trinajstić information content (AvgIpc) is 2.95. The lowest BCUT2D eigenvalue weighted by Gasteiger charge is -2.30. The number of para-hydroxylation sites is 1. The molecule has 1 fully saturated rings. The molecule has 0 saturated carbocycles. The van der Waals surface area contributed by atoms with E-state index < -0.39 is 0 Å². The minimum absolute atomic E-state index is 0.0377. The van der Waals surface area contributed by atoms with E-state index in [1.807, 2.05) is 35.9 Å². The van der Waals surface area contributed by atoms with Gasteiger partial charge >= 0.3 is 0 Å². The van der Waals surface area contributed by atoms with Gasteiger partial charge in [0.15, 0.2) is 0 Å². The number of aryl methyl sites for hydroxylation is 1. The molecule has 1 aromatic carbocycles. The number of nitrogens with one attached hydrogen (secondary N) is 1. The van der Waals surface area contributed by atoms with Crippen molar-refractivity contribution in [2.45, 2.75) is 33.7 Å². The van der Waals surface area contributed by atoms with Crippen LogP contribution in [0.5, 0.6) is 0 Å². The summed E-state index contributed by atoms with van der Waals surface area (Å²) in [7, 11) is 0. The quantitative estimate of drug-likeness (QED) is 0.863. The van der Waals surface area contributed by atoms with E-state index in [0.29, 0.717) is 26.3 Å². The monoisotopic (exact) mass is 356 g/mol. The molecular weight excluding hydrogens is 328 g/mol. The maximum atomic E-state index is 12.7. The molecule has 1 aliphatic heterocycles. The van der Waals surface area contributed by atoms with Crippen LogP contribution in [0.2, 0.25) is 0 Å². The molecule has 140 valence electrons. The van der Waals surface area contributed by atoms with Gasteiger partial charge in [0.25, 0.3) is 5.91 Å². The van der Waals surface area contributed by atoms with Crippen molar-refractivity contribution in [2.24, 2.45) is 0 Å². The van der Waals surface area contributed by atoms with E-state index in [-0.39, 0.29) is 5.91 Å². The Kier molecular flexibility index (Phi) is 5.93. The fourth-order valence-corrected chi connectivity index (χ4v) is 3.58. The highest BCUT2D eigenvalue weighted by Gasteiger charge is 2.18. The van der Waals surface area contributed by atoms with Gasteiger partial charge < -0.3 is 15.0 Å². The smallest absolute Gasteiger partial charge is 0.253 e. The maximum Gasteiger partial charge on any atom is 0.253 e. The van der Waals surface area contributed by atoms with Crippen LogP contribution in [0.15, 0.2) is 24.3 Å². The number of carbonyl (C=O) groups excluding carboxylic acids is 1. The second-order valence-electron chi connectivity index (χ2n) is 6.60. The minimum atomic E-state index is -0.0377. The first-order chi connectivity index (χ1) is 12.6. The van der Waals surface area contributed by atoms with Gasteiger partial charge in [0.1, 0.15) is 0 Å². The van der Waals surface area contributed by atoms with Gasteiger partial charge in [0.05, 0.1) is 31.0 Å². The van der Waals surface area contributed by atoms with Crippen molar-refractivity contribution in [1.29, 1.82) is 0 Å². The number of benzene rings is 1. The van der Waals surface area contributed by atoms with E-state index >= 15 is 0 Å². The summed E-state index contributed by atoms with van der Waals surface area (Å²) in [5, 5.41) is 7.63. The summed E-state index contributed by atoms with van der Waals surface area (Å²) in [5.74, 6) is -0.0377. The molecule has 1 aromatic heterocycles. The molecule has 26 heavy (non-hydrogen) atoms. The standard InChI is InChI=1S/C20H28N4O2/c1-4-17-15(2)22-24(16(17)3)10-9-21-20(25)18-7-5-6-8-19(18)23-11-13-26-14-12-23/h5-8H,4,9-14H2,1-3H3,(H,21,25). The SMILES string of the molecule is CCc1c(C)nn(CCNC(=O)c2ccccc2N2CCOCC2)c1C. The Bertz CT molecular complexity index is 763. The number of amides is 1. The van der Waals surface area contributed by atoms with Gasteiger partial charge in [-0.3, -0.25) is 9.48 Å². The first kappa shape index (κ1) is 18.5. The van der Waals surface area contributed by atoms with E-state index in [1.165, 1.54) is 11.3 Å². The maximum absolute atomic E-state index is 12.7. The van der Waals surface area contributed by atoms with Gasteiger partial charge in [-0.2, -0.15) is 5.10 Å². The Hall–Kier alpha value is -2.34. The lowest BCUT2D eigenvalue weighted by Crippen LogP contribution is -2.38. The molecule has 2 aromatic rings. The summed E-state index contributed by atoms with van der Waals surface area (Å²) >= 11 is 0. The molecule has 0 bridgehead atoms. The summed E-state index contributed by atoms with van der Waals surface area (Å²) in [4.78, 5) is 14.9. The summed E-state index contributed by atoms with van der Waals surface area (Å²) < 4.78 is 7.40. The third-order valence-corrected chi connectivity index (χ3v) is 4.99. The third-order valence-electron chi connectivity index (χ3n) is 4.99. The first-order valence-corrected chi connectivity index (χ1v) is 9.34. The molecule has 2 heterocycles. The van der Waals surface area contributed by atoms with Crippen LogP contribution in [0.1, 0.15) is 34.2 Å². The average molecular weight is 356 g/mol. The topological polar surface area (TPSA) is 59.4 Å². The van der Waals surface area contributed by atoms with E-state index in [4.69, 9.17) is 4.74 Å². The Morgan fingerprint density at radius 1 is 1.23 bits per heavy atom. The highest BCUT2D eigenvalue weighted by atomic mass is 16.5. The van der Waals surface area contributed by atoms with Gasteiger partial charge in [-0.05, 0) is 38.0 Å². The Balaban J connectivity index is 1.64. The van der Waals surface area contributed by atoms with E-state index in [9.17, 15) is 4.79 Å². The summed E-state index contributed by atoms with van der Waals surface area (Å²) in [6.07, 6.45) is 0.983. The van der Waals surface area contributed by atoms with Crippen LogP contribution in [-0.2, 0) is 17.7 Å². The third kappa shape index (κ3) is 3.90. The summed E-state index contributed by atoms with van der Waals surface area (Å²) in [6, 6.07) is 7.78. The summed E-state index contributed by atoms with van der Waals surface area (Å²) in [5.41, 5.74) is 5.26. The zero-order valence-electron chi connectivity index (χ0n) is 15.9. The molecule has 1 saturated heterocycles. The van der Waals surface area contributed by atoms with Crippen molar-refractivity contribution in [1.82, 2.24) is 15.1 Å². The van der Waals surface area contributed by atoms with Gasteiger partial charge in [-0.15, -0.1) is 0 Å².